The molecule has 0 amide bonds. The number of fused-ring (bicyclic) bond motifs is 3. The number of hydrogen-bond acceptors (Lipinski definition) is 0. The molecule has 134 valence electrons. The smallest absolute Gasteiger partial charge is 0.0295 e. The maximum atomic E-state index is 2.49. The van der Waals surface area contributed by atoms with Gasteiger partial charge in [-0.05, 0) is 63.6 Å². The molecule has 0 saturated heterocycles. The van der Waals surface area contributed by atoms with Crippen LogP contribution in [0.25, 0.3) is 11.1 Å². The highest BCUT2D eigenvalue weighted by molar-refractivity contribution is 5.79. The van der Waals surface area contributed by atoms with Crippen LogP contribution >= 0.6 is 0 Å². The van der Waals surface area contributed by atoms with E-state index in [0.29, 0.717) is 5.92 Å². The molecule has 0 bridgehead atoms. The minimum Gasteiger partial charge on any atom is -0.0702 e. The first-order valence-corrected chi connectivity index (χ1v) is 9.88. The monoisotopic (exact) mass is 342 g/mol. The Balaban J connectivity index is 1.89. The van der Waals surface area contributed by atoms with E-state index >= 15 is 0 Å². The minimum atomic E-state index is -0.00792. The summed E-state index contributed by atoms with van der Waals surface area (Å²) in [6.45, 7) is 14.0. The molecule has 0 heteroatoms. The average Bonchev–Trinajstić information content (AvgIpc) is 3.15. The van der Waals surface area contributed by atoms with Crippen molar-refractivity contribution >= 4 is 0 Å². The highest BCUT2D eigenvalue weighted by atomic mass is 14.4. The zero-order valence-corrected chi connectivity index (χ0v) is 17.0. The van der Waals surface area contributed by atoms with Crippen molar-refractivity contribution in [3.05, 3.63) is 82.5 Å². The summed E-state index contributed by atoms with van der Waals surface area (Å²) in [5.41, 5.74) is 10.6. The van der Waals surface area contributed by atoms with Crippen LogP contribution < -0.4 is 0 Å². The maximum absolute atomic E-state index is 2.49. The predicted octanol–water partition coefficient (Wildman–Crippen LogP) is 7.18. The van der Waals surface area contributed by atoms with Gasteiger partial charge in [-0.3, -0.25) is 0 Å². The molecular formula is C26H30. The summed E-state index contributed by atoms with van der Waals surface area (Å²) in [6, 6.07) is 13.6. The van der Waals surface area contributed by atoms with Gasteiger partial charge in [-0.25, -0.2) is 0 Å². The molecule has 0 saturated carbocycles. The fourth-order valence-corrected chi connectivity index (χ4v) is 4.68. The summed E-state index contributed by atoms with van der Waals surface area (Å²) in [6.07, 6.45) is 8.31. The predicted molar refractivity (Wildman–Crippen MR) is 113 cm³/mol. The Kier molecular flexibility index (Phi) is 3.81. The summed E-state index contributed by atoms with van der Waals surface area (Å²) < 4.78 is 0. The van der Waals surface area contributed by atoms with Gasteiger partial charge >= 0.3 is 0 Å². The van der Waals surface area contributed by atoms with Crippen LogP contribution in [0.1, 0.15) is 69.7 Å². The second-order valence-electron chi connectivity index (χ2n) is 9.51. The van der Waals surface area contributed by atoms with Gasteiger partial charge in [-0.2, -0.15) is 0 Å². The highest BCUT2D eigenvalue weighted by Crippen LogP contribution is 2.47. The van der Waals surface area contributed by atoms with Crippen LogP contribution in [0.5, 0.6) is 0 Å². The molecule has 0 fully saturated rings. The van der Waals surface area contributed by atoms with Crippen LogP contribution in [-0.2, 0) is 11.8 Å². The highest BCUT2D eigenvalue weighted by Gasteiger charge is 2.34. The zero-order chi connectivity index (χ0) is 18.7. The van der Waals surface area contributed by atoms with Crippen molar-refractivity contribution in [2.24, 2.45) is 5.41 Å². The van der Waals surface area contributed by atoms with Crippen molar-refractivity contribution in [3.63, 3.8) is 0 Å². The molecule has 2 aromatic carbocycles. The molecule has 0 radical (unpaired) electrons. The molecule has 1 atom stereocenters. The van der Waals surface area contributed by atoms with E-state index in [-0.39, 0.29) is 10.8 Å². The van der Waals surface area contributed by atoms with E-state index in [1.54, 1.807) is 11.1 Å². The molecule has 0 nitrogen and oxygen atoms in total. The quantitative estimate of drug-likeness (QED) is 0.462. The van der Waals surface area contributed by atoms with Gasteiger partial charge in [0, 0.05) is 5.41 Å². The summed E-state index contributed by atoms with van der Waals surface area (Å²) in [7, 11) is 0. The van der Waals surface area contributed by atoms with Crippen molar-refractivity contribution in [3.8, 4) is 11.1 Å². The Morgan fingerprint density at radius 3 is 2.35 bits per heavy atom. The molecule has 2 aliphatic carbocycles. The second-order valence-corrected chi connectivity index (χ2v) is 9.51. The minimum absolute atomic E-state index is 0.00792. The second kappa shape index (κ2) is 5.71. The fourth-order valence-electron chi connectivity index (χ4n) is 4.68. The third-order valence-electron chi connectivity index (χ3n) is 6.12. The van der Waals surface area contributed by atoms with Crippen molar-refractivity contribution in [2.45, 2.75) is 59.3 Å². The first kappa shape index (κ1) is 17.3. The van der Waals surface area contributed by atoms with Crippen LogP contribution in [0.15, 0.2) is 60.2 Å². The topological polar surface area (TPSA) is 0 Å². The lowest BCUT2D eigenvalue weighted by atomic mass is 9.75. The molecule has 26 heavy (non-hydrogen) atoms. The standard InChI is InChI=1S/C26H30/c1-17(2)24-22-15-18-9-7-8-10-20(18)21(22)11-12-23(24)26(6)14-13-19(16-26)25(3,4)5/h7-14,16-17H,15H2,1-6H3. The van der Waals surface area contributed by atoms with Gasteiger partial charge < -0.3 is 0 Å². The molecule has 2 aliphatic rings. The van der Waals surface area contributed by atoms with Gasteiger partial charge in [-0.15, -0.1) is 0 Å². The number of hydrogen-bond donors (Lipinski definition) is 0. The van der Waals surface area contributed by atoms with Crippen molar-refractivity contribution < 1.29 is 0 Å². The fraction of sp³-hybridized carbons (Fsp3) is 0.385. The molecule has 4 rings (SSSR count). The SMILES string of the molecule is CC(C)c1c(C2(C)C=CC(C(C)(C)C)=C2)ccc2c1Cc1ccccc1-2. The normalized spacial score (nSPS) is 21.1. The molecule has 0 spiro atoms. The van der Waals surface area contributed by atoms with E-state index < -0.39 is 0 Å². The maximum Gasteiger partial charge on any atom is 0.0295 e. The van der Waals surface area contributed by atoms with Crippen LogP contribution in [-0.4, -0.2) is 0 Å². The van der Waals surface area contributed by atoms with Gasteiger partial charge in [0.05, 0.1) is 0 Å². The number of allylic oxidation sites excluding steroid dienone is 4. The van der Waals surface area contributed by atoms with E-state index in [1.165, 1.54) is 27.8 Å². The van der Waals surface area contributed by atoms with Gasteiger partial charge in [0.25, 0.3) is 0 Å². The third-order valence-corrected chi connectivity index (χ3v) is 6.12. The van der Waals surface area contributed by atoms with E-state index in [9.17, 15) is 0 Å². The third kappa shape index (κ3) is 2.58. The lowest BCUT2D eigenvalue weighted by molar-refractivity contribution is 0.515. The summed E-state index contributed by atoms with van der Waals surface area (Å²) in [5.74, 6) is 0.520. The Labute approximate surface area is 158 Å². The Morgan fingerprint density at radius 1 is 0.962 bits per heavy atom. The first-order valence-electron chi connectivity index (χ1n) is 9.88. The van der Waals surface area contributed by atoms with E-state index in [4.69, 9.17) is 0 Å². The van der Waals surface area contributed by atoms with Crippen molar-refractivity contribution in [2.75, 3.05) is 0 Å². The molecule has 0 N–H and O–H groups in total. The van der Waals surface area contributed by atoms with Gasteiger partial charge in [-0.1, -0.05) is 89.2 Å². The number of benzene rings is 2. The molecule has 1 unspecified atom stereocenters. The largest absolute Gasteiger partial charge is 0.0702 e. The van der Waals surface area contributed by atoms with Crippen LogP contribution in [0.3, 0.4) is 0 Å². The molecule has 0 aliphatic heterocycles. The van der Waals surface area contributed by atoms with Crippen molar-refractivity contribution in [1.29, 1.82) is 0 Å². The van der Waals surface area contributed by atoms with E-state index in [0.717, 1.165) is 6.42 Å². The Bertz CT molecular complexity index is 931. The van der Waals surface area contributed by atoms with Crippen LogP contribution in [0.2, 0.25) is 0 Å². The van der Waals surface area contributed by atoms with Gasteiger partial charge in [0.1, 0.15) is 0 Å². The Morgan fingerprint density at radius 2 is 1.69 bits per heavy atom. The molecule has 2 aromatic rings. The molecule has 0 heterocycles. The lowest BCUT2D eigenvalue weighted by Gasteiger charge is -2.28. The zero-order valence-electron chi connectivity index (χ0n) is 17.0. The van der Waals surface area contributed by atoms with Crippen molar-refractivity contribution in [1.82, 2.24) is 0 Å². The van der Waals surface area contributed by atoms with E-state index in [1.807, 2.05) is 0 Å². The average molecular weight is 343 g/mol. The molecular weight excluding hydrogens is 312 g/mol. The van der Waals surface area contributed by atoms with E-state index in [2.05, 4.69) is 96.2 Å². The number of rotatable bonds is 2. The lowest BCUT2D eigenvalue weighted by Crippen LogP contribution is -2.19. The Hall–Kier alpha value is -2.08. The van der Waals surface area contributed by atoms with Crippen LogP contribution in [0, 0.1) is 5.41 Å². The van der Waals surface area contributed by atoms with Gasteiger partial charge in [0.2, 0.25) is 0 Å². The molecule has 0 aromatic heterocycles. The summed E-state index contributed by atoms with van der Waals surface area (Å²) in [4.78, 5) is 0. The van der Waals surface area contributed by atoms with Crippen LogP contribution in [0.4, 0.5) is 0 Å². The summed E-state index contributed by atoms with van der Waals surface area (Å²) >= 11 is 0. The van der Waals surface area contributed by atoms with Gasteiger partial charge in [0.15, 0.2) is 0 Å². The first-order chi connectivity index (χ1) is 12.2. The summed E-state index contributed by atoms with van der Waals surface area (Å²) in [5, 5.41) is 0.